The van der Waals surface area contributed by atoms with Crippen molar-refractivity contribution in [2.24, 2.45) is 0 Å². The summed E-state index contributed by atoms with van der Waals surface area (Å²) in [4.78, 5) is 18.0. The number of piperidine rings is 1. The second kappa shape index (κ2) is 10.3. The van der Waals surface area contributed by atoms with Gasteiger partial charge in [0, 0.05) is 25.2 Å². The van der Waals surface area contributed by atoms with Crippen molar-refractivity contribution >= 4 is 18.3 Å². The van der Waals surface area contributed by atoms with E-state index >= 15 is 0 Å². The minimum absolute atomic E-state index is 0. The molecule has 0 bridgehead atoms. The maximum atomic E-state index is 13.2. The minimum atomic E-state index is 0. The zero-order valence-corrected chi connectivity index (χ0v) is 18.2. The number of amides is 1. The molecule has 0 unspecified atom stereocenters. The molecule has 4 rings (SSSR count). The maximum Gasteiger partial charge on any atom is 0.227 e. The van der Waals surface area contributed by atoms with E-state index in [0.717, 1.165) is 31.5 Å². The zero-order valence-electron chi connectivity index (χ0n) is 17.4. The third-order valence-corrected chi connectivity index (χ3v) is 6.13. The Kier molecular flexibility index (Phi) is 7.74. The molecule has 0 N–H and O–H groups in total. The second-order valence-corrected chi connectivity index (χ2v) is 8.34. The van der Waals surface area contributed by atoms with Gasteiger partial charge in [0.15, 0.2) is 0 Å². The van der Waals surface area contributed by atoms with Gasteiger partial charge in [0.2, 0.25) is 5.91 Å². The van der Waals surface area contributed by atoms with Crippen LogP contribution in [0.4, 0.5) is 0 Å². The van der Waals surface area contributed by atoms with Crippen LogP contribution in [-0.4, -0.2) is 47.4 Å². The molecule has 1 saturated carbocycles. The smallest absolute Gasteiger partial charge is 0.227 e. The minimum Gasteiger partial charge on any atom is -0.336 e. The summed E-state index contributed by atoms with van der Waals surface area (Å²) in [5.74, 6) is 0.323. The fourth-order valence-electron chi connectivity index (χ4n) is 4.51. The molecule has 2 aromatic carbocycles. The van der Waals surface area contributed by atoms with Gasteiger partial charge in [-0.05, 0) is 55.3 Å². The lowest BCUT2D eigenvalue weighted by Crippen LogP contribution is -2.49. The summed E-state index contributed by atoms with van der Waals surface area (Å²) in [6, 6.07) is 19.9. The molecule has 156 valence electrons. The van der Waals surface area contributed by atoms with Crippen molar-refractivity contribution in [1.29, 1.82) is 0 Å². The topological polar surface area (TPSA) is 23.6 Å². The lowest BCUT2D eigenvalue weighted by molar-refractivity contribution is -0.134. The average Bonchev–Trinajstić information content (AvgIpc) is 3.56. The van der Waals surface area contributed by atoms with E-state index in [-0.39, 0.29) is 12.4 Å². The van der Waals surface area contributed by atoms with Crippen molar-refractivity contribution in [3.8, 4) is 11.1 Å². The molecular weight excluding hydrogens is 380 g/mol. The predicted molar refractivity (Wildman–Crippen MR) is 122 cm³/mol. The number of hydrogen-bond acceptors (Lipinski definition) is 2. The van der Waals surface area contributed by atoms with Crippen LogP contribution >= 0.6 is 12.4 Å². The first-order valence-electron chi connectivity index (χ1n) is 10.9. The van der Waals surface area contributed by atoms with Gasteiger partial charge >= 0.3 is 0 Å². The van der Waals surface area contributed by atoms with Crippen molar-refractivity contribution < 1.29 is 4.79 Å². The average molecular weight is 413 g/mol. The van der Waals surface area contributed by atoms with Crippen LogP contribution in [0.15, 0.2) is 54.6 Å². The summed E-state index contributed by atoms with van der Waals surface area (Å²) < 4.78 is 0. The summed E-state index contributed by atoms with van der Waals surface area (Å²) in [6.45, 7) is 5.72. The fraction of sp³-hybridized carbons (Fsp3) is 0.480. The Hall–Kier alpha value is -1.84. The Morgan fingerprint density at radius 3 is 2.07 bits per heavy atom. The molecule has 0 radical (unpaired) electrons. The molecule has 2 aliphatic rings. The number of nitrogens with zero attached hydrogens (tertiary/aromatic N) is 2. The Bertz CT molecular complexity index is 765. The van der Waals surface area contributed by atoms with Crippen LogP contribution in [-0.2, 0) is 11.2 Å². The number of carbonyl (C=O) groups is 1. The second-order valence-electron chi connectivity index (χ2n) is 8.34. The summed E-state index contributed by atoms with van der Waals surface area (Å²) in [5, 5.41) is 0. The first kappa shape index (κ1) is 21.9. The van der Waals surface area contributed by atoms with Gasteiger partial charge in [-0.3, -0.25) is 4.79 Å². The van der Waals surface area contributed by atoms with Gasteiger partial charge in [-0.1, -0.05) is 61.5 Å². The summed E-state index contributed by atoms with van der Waals surface area (Å²) in [5.41, 5.74) is 3.55. The first-order chi connectivity index (χ1) is 13.7. The molecule has 0 atom stereocenters. The maximum absolute atomic E-state index is 13.2. The van der Waals surface area contributed by atoms with E-state index in [9.17, 15) is 4.79 Å². The number of halogens is 1. The van der Waals surface area contributed by atoms with Crippen molar-refractivity contribution in [2.45, 2.75) is 57.5 Å². The molecule has 1 heterocycles. The predicted octanol–water partition coefficient (Wildman–Crippen LogP) is 5.18. The van der Waals surface area contributed by atoms with E-state index in [2.05, 4.69) is 65.3 Å². The van der Waals surface area contributed by atoms with Gasteiger partial charge in [0.1, 0.15) is 0 Å². The molecular formula is C25H33ClN2O. The molecule has 1 amide bonds. The van der Waals surface area contributed by atoms with Gasteiger partial charge in [0.25, 0.3) is 0 Å². The molecule has 2 fully saturated rings. The van der Waals surface area contributed by atoms with E-state index in [1.165, 1.54) is 36.9 Å². The number of hydrogen-bond donors (Lipinski definition) is 0. The standard InChI is InChI=1S/C25H32N2O.ClH/c1-2-16-26-17-14-24(15-18-26)27(23-12-13-23)25(28)19-20-8-10-22(11-9-20)21-6-4-3-5-7-21;/h3-11,23-24H,2,12-19H2,1H3;1H. The van der Waals surface area contributed by atoms with E-state index in [4.69, 9.17) is 0 Å². The molecule has 3 nitrogen and oxygen atoms in total. The normalized spacial score (nSPS) is 17.6. The Morgan fingerprint density at radius 2 is 1.48 bits per heavy atom. The number of likely N-dealkylation sites (tertiary alicyclic amines) is 1. The van der Waals surface area contributed by atoms with Crippen molar-refractivity contribution in [3.63, 3.8) is 0 Å². The third-order valence-electron chi connectivity index (χ3n) is 6.13. The lowest BCUT2D eigenvalue weighted by atomic mass is 10.00. The zero-order chi connectivity index (χ0) is 19.3. The highest BCUT2D eigenvalue weighted by atomic mass is 35.5. The van der Waals surface area contributed by atoms with Crippen molar-refractivity contribution in [3.05, 3.63) is 60.2 Å². The molecule has 0 spiro atoms. The van der Waals surface area contributed by atoms with Crippen LogP contribution in [0.3, 0.4) is 0 Å². The van der Waals surface area contributed by atoms with Crippen molar-refractivity contribution in [2.75, 3.05) is 19.6 Å². The van der Waals surface area contributed by atoms with Crippen LogP contribution < -0.4 is 0 Å². The molecule has 0 aromatic heterocycles. The van der Waals surface area contributed by atoms with Crippen LogP contribution in [0.5, 0.6) is 0 Å². The number of benzene rings is 2. The van der Waals surface area contributed by atoms with Gasteiger partial charge in [-0.25, -0.2) is 0 Å². The molecule has 1 aliphatic heterocycles. The van der Waals surface area contributed by atoms with Gasteiger partial charge in [-0.15, -0.1) is 12.4 Å². The fourth-order valence-corrected chi connectivity index (χ4v) is 4.51. The molecule has 1 aliphatic carbocycles. The summed E-state index contributed by atoms with van der Waals surface area (Å²) >= 11 is 0. The third kappa shape index (κ3) is 5.61. The van der Waals surface area contributed by atoms with Crippen molar-refractivity contribution in [1.82, 2.24) is 9.80 Å². The highest BCUT2D eigenvalue weighted by Gasteiger charge is 2.38. The van der Waals surface area contributed by atoms with Gasteiger partial charge < -0.3 is 9.80 Å². The van der Waals surface area contributed by atoms with Crippen LogP contribution in [0.1, 0.15) is 44.6 Å². The highest BCUT2D eigenvalue weighted by Crippen LogP contribution is 2.32. The Labute approximate surface area is 181 Å². The van der Waals surface area contributed by atoms with E-state index in [1.807, 2.05) is 6.07 Å². The van der Waals surface area contributed by atoms with Crippen LogP contribution in [0, 0.1) is 0 Å². The molecule has 29 heavy (non-hydrogen) atoms. The molecule has 4 heteroatoms. The number of carbonyl (C=O) groups excluding carboxylic acids is 1. The summed E-state index contributed by atoms with van der Waals surface area (Å²) in [7, 11) is 0. The lowest BCUT2D eigenvalue weighted by Gasteiger charge is -2.39. The van der Waals surface area contributed by atoms with E-state index < -0.39 is 0 Å². The van der Waals surface area contributed by atoms with E-state index in [0.29, 0.717) is 24.4 Å². The SMILES string of the molecule is CCCN1CCC(N(C(=O)Cc2ccc(-c3ccccc3)cc2)C2CC2)CC1.Cl. The van der Waals surface area contributed by atoms with Crippen LogP contribution in [0.25, 0.3) is 11.1 Å². The number of rotatable bonds is 7. The monoisotopic (exact) mass is 412 g/mol. The largest absolute Gasteiger partial charge is 0.336 e. The Morgan fingerprint density at radius 1 is 0.897 bits per heavy atom. The van der Waals surface area contributed by atoms with Crippen LogP contribution in [0.2, 0.25) is 0 Å². The Balaban J connectivity index is 0.00000240. The molecule has 1 saturated heterocycles. The van der Waals surface area contributed by atoms with E-state index in [1.54, 1.807) is 0 Å². The van der Waals surface area contributed by atoms with Gasteiger partial charge in [-0.2, -0.15) is 0 Å². The highest BCUT2D eigenvalue weighted by molar-refractivity contribution is 5.85. The van der Waals surface area contributed by atoms with Gasteiger partial charge in [0.05, 0.1) is 6.42 Å². The quantitative estimate of drug-likeness (QED) is 0.625. The first-order valence-corrected chi connectivity index (χ1v) is 10.9. The summed E-state index contributed by atoms with van der Waals surface area (Å²) in [6.07, 6.45) is 6.39. The molecule has 2 aromatic rings.